The molecule has 1 saturated heterocycles. The van der Waals surface area contributed by atoms with Gasteiger partial charge in [-0.3, -0.25) is 4.90 Å². The topological polar surface area (TPSA) is 66.0 Å². The number of aromatic nitrogens is 1. The molecule has 7 nitrogen and oxygen atoms in total. The number of benzene rings is 3. The van der Waals surface area contributed by atoms with Gasteiger partial charge in [0.05, 0.1) is 19.2 Å². The van der Waals surface area contributed by atoms with Gasteiger partial charge in [-0.15, -0.1) is 11.3 Å². The van der Waals surface area contributed by atoms with Crippen molar-refractivity contribution >= 4 is 32.9 Å². The van der Waals surface area contributed by atoms with Gasteiger partial charge >= 0.3 is 0 Å². The van der Waals surface area contributed by atoms with Crippen LogP contribution in [0.4, 0.5) is 15.9 Å². The van der Waals surface area contributed by atoms with Crippen molar-refractivity contribution in [3.63, 3.8) is 0 Å². The molecule has 1 aromatic heterocycles. The van der Waals surface area contributed by atoms with Gasteiger partial charge in [-0.2, -0.15) is 0 Å². The quantitative estimate of drug-likeness (QED) is 0.240. The molecule has 1 aliphatic rings. The minimum absolute atomic E-state index is 0.00945. The molecule has 1 atom stereocenters. The highest BCUT2D eigenvalue weighted by Crippen LogP contribution is 2.33. The highest BCUT2D eigenvalue weighted by atomic mass is 32.2. The van der Waals surface area contributed by atoms with E-state index < -0.39 is 15.8 Å². The lowest BCUT2D eigenvalue weighted by Crippen LogP contribution is -2.35. The highest BCUT2D eigenvalue weighted by Gasteiger charge is 2.32. The van der Waals surface area contributed by atoms with Crippen molar-refractivity contribution in [2.24, 2.45) is 0 Å². The fraction of sp³-hybridized carbons (Fsp3) is 0.300. The van der Waals surface area contributed by atoms with Crippen LogP contribution in [0.15, 0.2) is 82.5 Å². The van der Waals surface area contributed by atoms with E-state index in [-0.39, 0.29) is 23.3 Å². The lowest BCUT2D eigenvalue weighted by atomic mass is 10.1. The van der Waals surface area contributed by atoms with Crippen LogP contribution in [-0.2, 0) is 23.1 Å². The molecule has 0 amide bonds. The maximum atomic E-state index is 15.7. The van der Waals surface area contributed by atoms with Crippen molar-refractivity contribution in [3.05, 3.63) is 100 Å². The van der Waals surface area contributed by atoms with Gasteiger partial charge in [0.1, 0.15) is 16.5 Å². The molecule has 0 saturated carbocycles. The van der Waals surface area contributed by atoms with E-state index in [2.05, 4.69) is 26.9 Å². The maximum Gasteiger partial charge on any atom is 0.268 e. The summed E-state index contributed by atoms with van der Waals surface area (Å²) < 4.78 is 49.9. The zero-order valence-electron chi connectivity index (χ0n) is 22.8. The molecule has 2 heterocycles. The van der Waals surface area contributed by atoms with Crippen molar-refractivity contribution < 1.29 is 17.5 Å². The molecule has 0 bridgehead atoms. The maximum absolute atomic E-state index is 15.7. The van der Waals surface area contributed by atoms with Crippen molar-refractivity contribution in [3.8, 4) is 5.75 Å². The van der Waals surface area contributed by atoms with Gasteiger partial charge in [-0.25, -0.2) is 22.1 Å². The second kappa shape index (κ2) is 12.0. The van der Waals surface area contributed by atoms with E-state index in [1.165, 1.54) is 29.0 Å². The summed E-state index contributed by atoms with van der Waals surface area (Å²) >= 11 is 1.28. The van der Waals surface area contributed by atoms with E-state index in [1.54, 1.807) is 42.3 Å². The van der Waals surface area contributed by atoms with Crippen LogP contribution in [0.5, 0.6) is 5.75 Å². The first kappa shape index (κ1) is 28.1. The lowest BCUT2D eigenvalue weighted by molar-refractivity contribution is 0.326. The lowest BCUT2D eigenvalue weighted by Gasteiger charge is -2.29. The number of nitrogens with zero attached hydrogens (tertiary/aromatic N) is 4. The Morgan fingerprint density at radius 3 is 2.52 bits per heavy atom. The standard InChI is InChI=1S/C30H33FN4O3S2/c1-22-15-29(40(36,37)35(30-20-39-21-32-30)18-24-9-11-26(38-3)12-10-24)27(31)16-28(22)33(2)25-13-14-34(19-25)17-23-7-5-4-6-8-23/h4-12,15-16,20-21,25H,13-14,17-19H2,1-3H3/t25-/m0/s1. The Balaban J connectivity index is 1.38. The first-order valence-corrected chi connectivity index (χ1v) is 15.5. The molecule has 3 aromatic carbocycles. The fourth-order valence-corrected chi connectivity index (χ4v) is 7.31. The Hall–Kier alpha value is -3.47. The zero-order chi connectivity index (χ0) is 28.3. The summed E-state index contributed by atoms with van der Waals surface area (Å²) in [6.07, 6.45) is 0.948. The summed E-state index contributed by atoms with van der Waals surface area (Å²) in [4.78, 5) is 8.34. The van der Waals surface area contributed by atoms with Crippen LogP contribution in [0.25, 0.3) is 0 Å². The number of sulfonamides is 1. The van der Waals surface area contributed by atoms with E-state index in [0.717, 1.165) is 35.9 Å². The molecule has 0 radical (unpaired) electrons. The smallest absolute Gasteiger partial charge is 0.268 e. The van der Waals surface area contributed by atoms with Gasteiger partial charge < -0.3 is 9.64 Å². The molecule has 4 aromatic rings. The first-order chi connectivity index (χ1) is 19.3. The Bertz CT molecular complexity index is 1530. The number of rotatable bonds is 10. The molecule has 5 rings (SSSR count). The number of aryl methyl sites for hydroxylation is 1. The number of anilines is 2. The van der Waals surface area contributed by atoms with Gasteiger partial charge in [0, 0.05) is 43.8 Å². The molecule has 210 valence electrons. The third kappa shape index (κ3) is 5.99. The van der Waals surface area contributed by atoms with Gasteiger partial charge in [-0.05, 0) is 54.3 Å². The number of methoxy groups -OCH3 is 1. The molecule has 0 aliphatic carbocycles. The predicted molar refractivity (Wildman–Crippen MR) is 158 cm³/mol. The number of likely N-dealkylation sites (N-methyl/N-ethyl adjacent to an activating group) is 1. The third-order valence-electron chi connectivity index (χ3n) is 7.40. The SMILES string of the molecule is COc1ccc(CN(c2cscn2)S(=O)(=O)c2cc(C)c(N(C)[C@H]3CCN(Cc4ccccc4)C3)cc2F)cc1. The number of hydrogen-bond donors (Lipinski definition) is 0. The number of likely N-dealkylation sites (tertiary alicyclic amines) is 1. The van der Waals surface area contributed by atoms with Gasteiger partial charge in [0.2, 0.25) is 0 Å². The number of hydrogen-bond acceptors (Lipinski definition) is 7. The normalized spacial score (nSPS) is 15.8. The summed E-state index contributed by atoms with van der Waals surface area (Å²) in [5, 5.41) is 1.65. The molecule has 40 heavy (non-hydrogen) atoms. The van der Waals surface area contributed by atoms with Crippen molar-refractivity contribution in [2.75, 3.05) is 36.5 Å². The summed E-state index contributed by atoms with van der Waals surface area (Å²) in [6, 6.07) is 20.5. The van der Waals surface area contributed by atoms with Crippen LogP contribution in [0.1, 0.15) is 23.1 Å². The van der Waals surface area contributed by atoms with Gasteiger partial charge in [0.25, 0.3) is 10.0 Å². The number of ether oxygens (including phenoxy) is 1. The van der Waals surface area contributed by atoms with Gasteiger partial charge in [-0.1, -0.05) is 42.5 Å². The fourth-order valence-electron chi connectivity index (χ4n) is 5.17. The van der Waals surface area contributed by atoms with E-state index >= 15 is 4.39 Å². The highest BCUT2D eigenvalue weighted by molar-refractivity contribution is 7.92. The van der Waals surface area contributed by atoms with Crippen LogP contribution in [-0.4, -0.2) is 51.6 Å². The molecule has 1 fully saturated rings. The van der Waals surface area contributed by atoms with Crippen LogP contribution in [0.3, 0.4) is 0 Å². The van der Waals surface area contributed by atoms with Crippen LogP contribution >= 0.6 is 11.3 Å². The number of halogens is 1. The summed E-state index contributed by atoms with van der Waals surface area (Å²) in [5.74, 6) is 0.142. The minimum atomic E-state index is -4.25. The van der Waals surface area contributed by atoms with Crippen molar-refractivity contribution in [1.82, 2.24) is 9.88 Å². The summed E-state index contributed by atoms with van der Waals surface area (Å²) in [5.41, 5.74) is 4.95. The van der Waals surface area contributed by atoms with Gasteiger partial charge in [0.15, 0.2) is 5.82 Å². The minimum Gasteiger partial charge on any atom is -0.497 e. The van der Waals surface area contributed by atoms with Crippen LogP contribution in [0.2, 0.25) is 0 Å². The Kier molecular flexibility index (Phi) is 8.39. The van der Waals surface area contributed by atoms with E-state index in [9.17, 15) is 8.42 Å². The third-order valence-corrected chi connectivity index (χ3v) is 9.74. The molecule has 0 spiro atoms. The average molecular weight is 581 g/mol. The molecular formula is C30H33FN4O3S2. The van der Waals surface area contributed by atoms with E-state index in [0.29, 0.717) is 17.0 Å². The average Bonchev–Trinajstić information content (AvgIpc) is 3.66. The second-order valence-corrected chi connectivity index (χ2v) is 12.6. The molecular weight excluding hydrogens is 547 g/mol. The zero-order valence-corrected chi connectivity index (χ0v) is 24.5. The number of thiazole rings is 1. The molecule has 10 heteroatoms. The van der Waals surface area contributed by atoms with E-state index in [1.807, 2.05) is 32.2 Å². The molecule has 0 unspecified atom stereocenters. The largest absolute Gasteiger partial charge is 0.497 e. The van der Waals surface area contributed by atoms with E-state index in [4.69, 9.17) is 4.74 Å². The summed E-state index contributed by atoms with van der Waals surface area (Å²) in [7, 11) is -0.725. The molecule has 1 aliphatic heterocycles. The monoisotopic (exact) mass is 580 g/mol. The van der Waals surface area contributed by atoms with Crippen LogP contribution < -0.4 is 13.9 Å². The predicted octanol–water partition coefficient (Wildman–Crippen LogP) is 5.71. The Labute approximate surface area is 239 Å². The Morgan fingerprint density at radius 1 is 1.10 bits per heavy atom. The summed E-state index contributed by atoms with van der Waals surface area (Å²) in [6.45, 7) is 4.52. The Morgan fingerprint density at radius 2 is 1.85 bits per heavy atom. The second-order valence-electron chi connectivity index (χ2n) is 10.0. The van der Waals surface area contributed by atoms with Crippen LogP contribution in [0, 0.1) is 12.7 Å². The van der Waals surface area contributed by atoms with Crippen molar-refractivity contribution in [2.45, 2.75) is 37.4 Å². The molecule has 0 N–H and O–H groups in total. The van der Waals surface area contributed by atoms with Crippen molar-refractivity contribution in [1.29, 1.82) is 0 Å². The first-order valence-electron chi connectivity index (χ1n) is 13.1.